The number of benzene rings is 3. The summed E-state index contributed by atoms with van der Waals surface area (Å²) in [6.07, 6.45) is 0. The molecule has 1 atom stereocenters. The molecular weight excluding hydrogens is 472 g/mol. The average molecular weight is 515 g/mol. The highest BCUT2D eigenvalue weighted by Crippen LogP contribution is 2.40. The molecule has 0 fully saturated rings. The molecule has 0 radical (unpaired) electrons. The molecule has 0 spiro atoms. The van der Waals surface area contributed by atoms with Gasteiger partial charge in [-0.05, 0) is 34.1 Å². The van der Waals surface area contributed by atoms with Crippen molar-refractivity contribution in [3.63, 3.8) is 0 Å². The molecule has 2 amide bonds. The number of carbonyl (C=O) groups excluding carboxylic acids is 2. The first-order chi connectivity index (χ1) is 17.8. The van der Waals surface area contributed by atoms with Gasteiger partial charge in [0.05, 0.1) is 7.11 Å². The zero-order chi connectivity index (χ0) is 28.3. The normalized spacial score (nSPS) is 12.7. The van der Waals surface area contributed by atoms with E-state index in [1.165, 1.54) is 0 Å². The summed E-state index contributed by atoms with van der Waals surface area (Å²) in [6.45, 7) is 12.7. The Kier molecular flexibility index (Phi) is 8.71. The highest BCUT2D eigenvalue weighted by molar-refractivity contribution is 5.98. The molecule has 3 aromatic rings. The van der Waals surface area contributed by atoms with Crippen LogP contribution in [0, 0.1) is 0 Å². The van der Waals surface area contributed by atoms with E-state index in [4.69, 9.17) is 4.74 Å². The number of nitrogens with one attached hydrogen (secondary N) is 1. The lowest BCUT2D eigenvalue weighted by Crippen LogP contribution is -2.50. The largest absolute Gasteiger partial charge is 0.496 e. The van der Waals surface area contributed by atoms with Crippen LogP contribution in [0.1, 0.15) is 80.1 Å². The summed E-state index contributed by atoms with van der Waals surface area (Å²) >= 11 is 0. The molecule has 0 heterocycles. The van der Waals surface area contributed by atoms with Gasteiger partial charge in [-0.1, -0.05) is 102 Å². The highest BCUT2D eigenvalue weighted by atomic mass is 16.5. The van der Waals surface area contributed by atoms with E-state index in [1.807, 2.05) is 72.8 Å². The summed E-state index contributed by atoms with van der Waals surface area (Å²) in [6, 6.07) is 22.7. The predicted octanol–water partition coefficient (Wildman–Crippen LogP) is 6.31. The first-order valence-electron chi connectivity index (χ1n) is 13.1. The van der Waals surface area contributed by atoms with E-state index in [0.29, 0.717) is 5.56 Å². The molecule has 0 saturated heterocycles. The van der Waals surface area contributed by atoms with Crippen LogP contribution in [-0.2, 0) is 15.6 Å². The van der Waals surface area contributed by atoms with Gasteiger partial charge in [-0.15, -0.1) is 0 Å². The maximum atomic E-state index is 14.0. The second kappa shape index (κ2) is 11.4. The Bertz CT molecular complexity index is 1180. The average Bonchev–Trinajstić information content (AvgIpc) is 2.87. The van der Waals surface area contributed by atoms with E-state index in [2.05, 4.69) is 46.9 Å². The molecule has 3 rings (SSSR count). The molecule has 38 heavy (non-hydrogen) atoms. The van der Waals surface area contributed by atoms with Crippen LogP contribution in [0.25, 0.3) is 0 Å². The number of methoxy groups -OCH3 is 1. The van der Waals surface area contributed by atoms with Crippen LogP contribution in [-0.4, -0.2) is 44.0 Å². The van der Waals surface area contributed by atoms with Crippen molar-refractivity contribution in [3.8, 4) is 5.75 Å². The Balaban J connectivity index is 2.17. The number of hydrogen-bond donors (Lipinski definition) is 1. The lowest BCUT2D eigenvalue weighted by Gasteiger charge is -2.32. The molecule has 0 aliphatic heterocycles. The van der Waals surface area contributed by atoms with Crippen molar-refractivity contribution in [3.05, 3.63) is 101 Å². The Morgan fingerprint density at radius 1 is 0.763 bits per heavy atom. The first kappa shape index (κ1) is 29.0. The summed E-state index contributed by atoms with van der Waals surface area (Å²) in [5, 5.41) is 3.14. The third kappa shape index (κ3) is 6.45. The fourth-order valence-electron chi connectivity index (χ4n) is 4.78. The van der Waals surface area contributed by atoms with Crippen LogP contribution < -0.4 is 10.1 Å². The monoisotopic (exact) mass is 514 g/mol. The van der Waals surface area contributed by atoms with Gasteiger partial charge in [-0.2, -0.15) is 0 Å². The van der Waals surface area contributed by atoms with Crippen molar-refractivity contribution in [1.82, 2.24) is 10.2 Å². The Morgan fingerprint density at radius 3 is 1.53 bits per heavy atom. The van der Waals surface area contributed by atoms with Crippen molar-refractivity contribution >= 4 is 11.8 Å². The van der Waals surface area contributed by atoms with Crippen LogP contribution in [0.3, 0.4) is 0 Å². The zero-order valence-corrected chi connectivity index (χ0v) is 24.3. The molecule has 0 aromatic heterocycles. The molecule has 3 aromatic carbocycles. The lowest BCUT2D eigenvalue weighted by molar-refractivity contribution is -0.131. The minimum Gasteiger partial charge on any atom is -0.496 e. The highest BCUT2D eigenvalue weighted by Gasteiger charge is 2.35. The second-order valence-corrected chi connectivity index (χ2v) is 12.1. The number of hydrogen-bond acceptors (Lipinski definition) is 3. The molecule has 0 saturated carbocycles. The fraction of sp³-hybridized carbons (Fsp3) is 0.394. The summed E-state index contributed by atoms with van der Waals surface area (Å²) in [5.41, 5.74) is 3.83. The van der Waals surface area contributed by atoms with Gasteiger partial charge in [0, 0.05) is 36.7 Å². The quantitative estimate of drug-likeness (QED) is 0.402. The SMILES string of the molecule is COc1c(C(C)(C)C)cc(C(=O)N[C@H](C(=O)N(C)C)C(c2ccccc2)c2ccccc2)cc1C(C)(C)C. The van der Waals surface area contributed by atoms with E-state index in [0.717, 1.165) is 28.0 Å². The topological polar surface area (TPSA) is 58.6 Å². The van der Waals surface area contributed by atoms with Gasteiger partial charge in [-0.3, -0.25) is 9.59 Å². The minimum atomic E-state index is -0.805. The van der Waals surface area contributed by atoms with Crippen molar-refractivity contribution in [2.75, 3.05) is 21.2 Å². The van der Waals surface area contributed by atoms with Crippen molar-refractivity contribution in [2.24, 2.45) is 0 Å². The second-order valence-electron chi connectivity index (χ2n) is 12.1. The molecule has 5 nitrogen and oxygen atoms in total. The van der Waals surface area contributed by atoms with Gasteiger partial charge in [0.15, 0.2) is 0 Å². The fourth-order valence-corrected chi connectivity index (χ4v) is 4.78. The van der Waals surface area contributed by atoms with E-state index in [-0.39, 0.29) is 28.6 Å². The van der Waals surface area contributed by atoms with Gasteiger partial charge in [-0.25, -0.2) is 0 Å². The molecule has 202 valence electrons. The summed E-state index contributed by atoms with van der Waals surface area (Å²) in [5.74, 6) is -0.0232. The number of nitrogens with zero attached hydrogens (tertiary/aromatic N) is 1. The van der Waals surface area contributed by atoms with Gasteiger partial charge in [0.1, 0.15) is 11.8 Å². The zero-order valence-electron chi connectivity index (χ0n) is 24.3. The number of likely N-dealkylation sites (N-methyl/N-ethyl adjacent to an activating group) is 1. The van der Waals surface area contributed by atoms with Crippen molar-refractivity contribution in [1.29, 1.82) is 0 Å². The van der Waals surface area contributed by atoms with E-state index in [1.54, 1.807) is 26.1 Å². The number of carbonyl (C=O) groups is 2. The Labute approximate surface area is 228 Å². The van der Waals surface area contributed by atoms with Crippen LogP contribution >= 0.6 is 0 Å². The third-order valence-corrected chi connectivity index (χ3v) is 6.82. The molecule has 0 unspecified atom stereocenters. The Morgan fingerprint density at radius 2 is 1.18 bits per heavy atom. The Hall–Kier alpha value is -3.60. The number of ether oxygens (including phenoxy) is 1. The van der Waals surface area contributed by atoms with Crippen molar-refractivity contribution < 1.29 is 14.3 Å². The third-order valence-electron chi connectivity index (χ3n) is 6.82. The van der Waals surface area contributed by atoms with E-state index < -0.39 is 6.04 Å². The number of amides is 2. The maximum Gasteiger partial charge on any atom is 0.251 e. The predicted molar refractivity (Wildman–Crippen MR) is 155 cm³/mol. The van der Waals surface area contributed by atoms with E-state index in [9.17, 15) is 9.59 Å². The van der Waals surface area contributed by atoms with Gasteiger partial charge >= 0.3 is 0 Å². The summed E-state index contributed by atoms with van der Waals surface area (Å²) in [7, 11) is 5.12. The van der Waals surface area contributed by atoms with E-state index >= 15 is 0 Å². The lowest BCUT2D eigenvalue weighted by atomic mass is 9.78. The first-order valence-corrected chi connectivity index (χ1v) is 13.1. The summed E-state index contributed by atoms with van der Waals surface area (Å²) < 4.78 is 5.88. The van der Waals surface area contributed by atoms with Crippen LogP contribution in [0.15, 0.2) is 72.8 Å². The summed E-state index contributed by atoms with van der Waals surface area (Å²) in [4.78, 5) is 29.2. The number of rotatable bonds is 7. The maximum absolute atomic E-state index is 14.0. The van der Waals surface area contributed by atoms with Crippen LogP contribution in [0.2, 0.25) is 0 Å². The molecule has 0 aliphatic carbocycles. The van der Waals surface area contributed by atoms with Gasteiger partial charge < -0.3 is 15.0 Å². The molecule has 5 heteroatoms. The standard InChI is InChI=1S/C33H42N2O3/c1-32(2,3)25-20-24(21-26(29(25)38-9)33(4,5)6)30(36)34-28(31(37)35(7)8)27(22-16-12-10-13-17-22)23-18-14-11-15-19-23/h10-21,27-28H,1-9H3,(H,34,36)/t28-/m0/s1. The van der Waals surface area contributed by atoms with Crippen molar-refractivity contribution in [2.45, 2.75) is 64.3 Å². The van der Waals surface area contributed by atoms with Crippen LogP contribution in [0.5, 0.6) is 5.75 Å². The van der Waals surface area contributed by atoms with Crippen LogP contribution in [0.4, 0.5) is 0 Å². The smallest absolute Gasteiger partial charge is 0.251 e. The molecule has 1 N–H and O–H groups in total. The minimum absolute atomic E-state index is 0.170. The molecule has 0 bridgehead atoms. The molecular formula is C33H42N2O3. The van der Waals surface area contributed by atoms with Gasteiger partial charge in [0.25, 0.3) is 5.91 Å². The molecule has 0 aliphatic rings. The van der Waals surface area contributed by atoms with Gasteiger partial charge in [0.2, 0.25) is 5.91 Å².